The fourth-order valence-corrected chi connectivity index (χ4v) is 2.85. The smallest absolute Gasteiger partial charge is 0.325 e. The Morgan fingerprint density at radius 3 is 2.71 bits per heavy atom. The molecule has 0 amide bonds. The predicted molar refractivity (Wildman–Crippen MR) is 80.6 cm³/mol. The second-order valence-corrected chi connectivity index (χ2v) is 5.52. The van der Waals surface area contributed by atoms with E-state index in [0.717, 1.165) is 48.4 Å². The van der Waals surface area contributed by atoms with Gasteiger partial charge in [-0.3, -0.25) is 9.48 Å². The lowest BCUT2D eigenvalue weighted by molar-refractivity contribution is -0.137. The van der Waals surface area contributed by atoms with E-state index in [9.17, 15) is 4.79 Å². The molecule has 1 aromatic carbocycles. The Bertz CT molecular complexity index is 664. The first kappa shape index (κ1) is 14.1. The summed E-state index contributed by atoms with van der Waals surface area (Å²) in [6.45, 7) is 1.63. The zero-order valence-corrected chi connectivity index (χ0v) is 12.2. The van der Waals surface area contributed by atoms with E-state index < -0.39 is 5.97 Å². The van der Waals surface area contributed by atoms with Gasteiger partial charge in [0.15, 0.2) is 0 Å². The summed E-state index contributed by atoms with van der Waals surface area (Å²) in [5.41, 5.74) is 4.00. The lowest BCUT2D eigenvalue weighted by Gasteiger charge is -2.03. The fraction of sp³-hybridized carbons (Fsp3) is 0.333. The van der Waals surface area contributed by atoms with Crippen LogP contribution in [0.25, 0.3) is 11.3 Å². The average Bonchev–Trinajstić information content (AvgIpc) is 2.63. The predicted octanol–water partition coefficient (Wildman–Crippen LogP) is 1.98. The molecule has 0 spiro atoms. The van der Waals surface area contributed by atoms with Crippen LogP contribution in [-0.2, 0) is 24.2 Å². The van der Waals surface area contributed by atoms with Crippen LogP contribution < -0.4 is 5.32 Å². The molecule has 6 heteroatoms. The molecule has 0 fully saturated rings. The number of nitrogens with one attached hydrogen (secondary N) is 1. The van der Waals surface area contributed by atoms with Gasteiger partial charge >= 0.3 is 5.97 Å². The summed E-state index contributed by atoms with van der Waals surface area (Å²) >= 11 is 5.93. The highest BCUT2D eigenvalue weighted by molar-refractivity contribution is 6.30. The van der Waals surface area contributed by atoms with Crippen molar-refractivity contribution in [1.29, 1.82) is 0 Å². The molecule has 21 heavy (non-hydrogen) atoms. The molecule has 3 rings (SSSR count). The monoisotopic (exact) mass is 305 g/mol. The third-order valence-corrected chi connectivity index (χ3v) is 3.91. The number of halogens is 1. The van der Waals surface area contributed by atoms with E-state index in [-0.39, 0.29) is 6.54 Å². The summed E-state index contributed by atoms with van der Waals surface area (Å²) < 4.78 is 1.62. The topological polar surface area (TPSA) is 67.1 Å². The standard InChI is InChI=1S/C15H16ClN3O2/c16-11-3-1-10(2-4-11)15-12-5-7-17-8-6-13(12)19(18-15)9-14(20)21/h1-4,17H,5-9H2,(H,20,21). The number of aliphatic carboxylic acids is 1. The number of rotatable bonds is 3. The van der Waals surface area contributed by atoms with Crippen molar-refractivity contribution in [3.63, 3.8) is 0 Å². The van der Waals surface area contributed by atoms with Gasteiger partial charge < -0.3 is 10.4 Å². The van der Waals surface area contributed by atoms with E-state index in [1.807, 2.05) is 24.3 Å². The molecule has 2 heterocycles. The molecule has 5 nitrogen and oxygen atoms in total. The molecular weight excluding hydrogens is 290 g/mol. The van der Waals surface area contributed by atoms with Crippen molar-refractivity contribution in [2.45, 2.75) is 19.4 Å². The van der Waals surface area contributed by atoms with Crippen molar-refractivity contribution in [3.05, 3.63) is 40.5 Å². The maximum absolute atomic E-state index is 11.0. The van der Waals surface area contributed by atoms with Gasteiger partial charge in [0.25, 0.3) is 0 Å². The molecule has 2 aromatic rings. The van der Waals surface area contributed by atoms with Crippen molar-refractivity contribution in [2.24, 2.45) is 0 Å². The normalized spacial score (nSPS) is 14.5. The van der Waals surface area contributed by atoms with Crippen LogP contribution in [-0.4, -0.2) is 33.9 Å². The van der Waals surface area contributed by atoms with Crippen LogP contribution >= 0.6 is 11.6 Å². The SMILES string of the molecule is O=C(O)Cn1nc(-c2ccc(Cl)cc2)c2c1CCNCC2. The molecule has 1 aliphatic rings. The second kappa shape index (κ2) is 5.87. The minimum Gasteiger partial charge on any atom is -0.480 e. The van der Waals surface area contributed by atoms with E-state index in [1.165, 1.54) is 0 Å². The van der Waals surface area contributed by atoms with Gasteiger partial charge in [-0.15, -0.1) is 0 Å². The first-order chi connectivity index (χ1) is 10.1. The maximum Gasteiger partial charge on any atom is 0.325 e. The van der Waals surface area contributed by atoms with E-state index in [4.69, 9.17) is 16.7 Å². The van der Waals surface area contributed by atoms with Crippen LogP contribution in [0.2, 0.25) is 5.02 Å². The van der Waals surface area contributed by atoms with Crippen molar-refractivity contribution < 1.29 is 9.90 Å². The number of hydrogen-bond acceptors (Lipinski definition) is 3. The van der Waals surface area contributed by atoms with Gasteiger partial charge in [0, 0.05) is 34.8 Å². The van der Waals surface area contributed by atoms with Crippen molar-refractivity contribution in [1.82, 2.24) is 15.1 Å². The number of carboxylic acids is 1. The number of fused-ring (bicyclic) bond motifs is 1. The van der Waals surface area contributed by atoms with Gasteiger partial charge in [0.1, 0.15) is 6.54 Å². The first-order valence-corrected chi connectivity index (χ1v) is 7.30. The Kier molecular flexibility index (Phi) is 3.94. The van der Waals surface area contributed by atoms with Crippen LogP contribution in [0.5, 0.6) is 0 Å². The van der Waals surface area contributed by atoms with Gasteiger partial charge in [-0.05, 0) is 25.1 Å². The molecule has 0 aliphatic carbocycles. The third kappa shape index (κ3) is 2.94. The fourth-order valence-electron chi connectivity index (χ4n) is 2.72. The Hall–Kier alpha value is -1.85. The maximum atomic E-state index is 11.0. The molecule has 0 unspecified atom stereocenters. The molecule has 110 valence electrons. The Labute approximate surface area is 127 Å². The van der Waals surface area contributed by atoms with Gasteiger partial charge in [0.2, 0.25) is 0 Å². The van der Waals surface area contributed by atoms with Crippen LogP contribution in [0.3, 0.4) is 0 Å². The van der Waals surface area contributed by atoms with Gasteiger partial charge in [-0.2, -0.15) is 5.10 Å². The minimum atomic E-state index is -0.875. The van der Waals surface area contributed by atoms with Crippen molar-refractivity contribution >= 4 is 17.6 Å². The molecule has 0 saturated heterocycles. The molecule has 0 radical (unpaired) electrons. The molecule has 0 atom stereocenters. The molecule has 1 aromatic heterocycles. The Morgan fingerprint density at radius 2 is 2.00 bits per heavy atom. The number of carboxylic acid groups (broad SMARTS) is 1. The van der Waals surface area contributed by atoms with Crippen LogP contribution in [0.1, 0.15) is 11.3 Å². The highest BCUT2D eigenvalue weighted by Crippen LogP contribution is 2.28. The van der Waals surface area contributed by atoms with Gasteiger partial charge in [0.05, 0.1) is 5.69 Å². The Balaban J connectivity index is 2.09. The molecule has 0 saturated carbocycles. The number of nitrogens with zero attached hydrogens (tertiary/aromatic N) is 2. The largest absolute Gasteiger partial charge is 0.480 e. The van der Waals surface area contributed by atoms with E-state index in [0.29, 0.717) is 5.02 Å². The summed E-state index contributed by atoms with van der Waals surface area (Å²) in [6.07, 6.45) is 1.65. The zero-order valence-electron chi connectivity index (χ0n) is 11.5. The Morgan fingerprint density at radius 1 is 1.29 bits per heavy atom. The molecular formula is C15H16ClN3O2. The number of benzene rings is 1. The van der Waals surface area contributed by atoms with E-state index >= 15 is 0 Å². The average molecular weight is 306 g/mol. The second-order valence-electron chi connectivity index (χ2n) is 5.08. The number of hydrogen-bond donors (Lipinski definition) is 2. The quantitative estimate of drug-likeness (QED) is 0.910. The van der Waals surface area contributed by atoms with Crippen molar-refractivity contribution in [2.75, 3.05) is 13.1 Å². The third-order valence-electron chi connectivity index (χ3n) is 3.66. The lowest BCUT2D eigenvalue weighted by Crippen LogP contribution is -2.18. The summed E-state index contributed by atoms with van der Waals surface area (Å²) in [4.78, 5) is 11.0. The summed E-state index contributed by atoms with van der Waals surface area (Å²) in [5, 5.41) is 17.6. The zero-order chi connectivity index (χ0) is 14.8. The van der Waals surface area contributed by atoms with Crippen LogP contribution in [0.4, 0.5) is 0 Å². The minimum absolute atomic E-state index is 0.101. The molecule has 1 aliphatic heterocycles. The van der Waals surface area contributed by atoms with Gasteiger partial charge in [-0.1, -0.05) is 23.7 Å². The van der Waals surface area contributed by atoms with E-state index in [1.54, 1.807) is 4.68 Å². The van der Waals surface area contributed by atoms with Crippen molar-refractivity contribution in [3.8, 4) is 11.3 Å². The number of carbonyl (C=O) groups is 1. The summed E-state index contributed by atoms with van der Waals surface area (Å²) in [7, 11) is 0. The molecule has 2 N–H and O–H groups in total. The molecule has 0 bridgehead atoms. The summed E-state index contributed by atoms with van der Waals surface area (Å²) in [5.74, 6) is -0.875. The lowest BCUT2D eigenvalue weighted by atomic mass is 10.0. The first-order valence-electron chi connectivity index (χ1n) is 6.92. The van der Waals surface area contributed by atoms with Crippen LogP contribution in [0, 0.1) is 0 Å². The van der Waals surface area contributed by atoms with Gasteiger partial charge in [-0.25, -0.2) is 0 Å². The summed E-state index contributed by atoms with van der Waals surface area (Å²) in [6, 6.07) is 7.51. The van der Waals surface area contributed by atoms with Crippen LogP contribution in [0.15, 0.2) is 24.3 Å². The highest BCUT2D eigenvalue weighted by Gasteiger charge is 2.21. The highest BCUT2D eigenvalue weighted by atomic mass is 35.5. The number of aromatic nitrogens is 2. The van der Waals surface area contributed by atoms with E-state index in [2.05, 4.69) is 10.4 Å².